The van der Waals surface area contributed by atoms with Gasteiger partial charge >= 0.3 is 0 Å². The van der Waals surface area contributed by atoms with Gasteiger partial charge in [-0.05, 0) is 49.7 Å². The van der Waals surface area contributed by atoms with Gasteiger partial charge < -0.3 is 0 Å². The summed E-state index contributed by atoms with van der Waals surface area (Å²) in [7, 11) is 0. The van der Waals surface area contributed by atoms with Crippen LogP contribution in [-0.2, 0) is 18.6 Å². The second kappa shape index (κ2) is 8.03. The zero-order valence-electron chi connectivity index (χ0n) is 16.2. The van der Waals surface area contributed by atoms with E-state index in [1.807, 2.05) is 6.07 Å². The highest BCUT2D eigenvalue weighted by atomic mass is 32.2. The van der Waals surface area contributed by atoms with Crippen molar-refractivity contribution >= 4 is 33.3 Å². The highest BCUT2D eigenvalue weighted by Gasteiger charge is 2.26. The van der Waals surface area contributed by atoms with E-state index in [1.165, 1.54) is 48.1 Å². The molecular formula is C23H26N2OS2. The molecule has 5 heteroatoms. The van der Waals surface area contributed by atoms with Crippen LogP contribution in [0.3, 0.4) is 0 Å². The Morgan fingerprint density at radius 3 is 2.64 bits per heavy atom. The Kier molecular flexibility index (Phi) is 5.29. The van der Waals surface area contributed by atoms with Gasteiger partial charge in [-0.2, -0.15) is 0 Å². The van der Waals surface area contributed by atoms with Crippen LogP contribution in [-0.4, -0.2) is 9.55 Å². The van der Waals surface area contributed by atoms with Crippen molar-refractivity contribution in [3.8, 4) is 0 Å². The zero-order chi connectivity index (χ0) is 18.9. The number of aryl methyl sites for hydroxylation is 2. The number of benzene rings is 1. The summed E-state index contributed by atoms with van der Waals surface area (Å²) in [5.41, 5.74) is 2.82. The first-order valence-electron chi connectivity index (χ1n) is 10.5. The molecule has 0 bridgehead atoms. The van der Waals surface area contributed by atoms with Crippen LogP contribution in [0.1, 0.15) is 67.0 Å². The predicted octanol–water partition coefficient (Wildman–Crippen LogP) is 6.13. The highest BCUT2D eigenvalue weighted by molar-refractivity contribution is 7.98. The van der Waals surface area contributed by atoms with Crippen molar-refractivity contribution in [1.29, 1.82) is 0 Å². The van der Waals surface area contributed by atoms with Gasteiger partial charge in [0.25, 0.3) is 5.56 Å². The minimum atomic E-state index is 0.229. The van der Waals surface area contributed by atoms with Crippen LogP contribution in [0.5, 0.6) is 0 Å². The van der Waals surface area contributed by atoms with E-state index in [1.54, 1.807) is 23.1 Å². The van der Waals surface area contributed by atoms with E-state index >= 15 is 0 Å². The van der Waals surface area contributed by atoms with E-state index < -0.39 is 0 Å². The summed E-state index contributed by atoms with van der Waals surface area (Å²) in [4.78, 5) is 21.2. The molecule has 2 heterocycles. The fourth-order valence-corrected chi connectivity index (χ4v) is 7.01. The van der Waals surface area contributed by atoms with Gasteiger partial charge in [-0.1, -0.05) is 61.4 Å². The molecule has 2 aliphatic rings. The average molecular weight is 411 g/mol. The van der Waals surface area contributed by atoms with E-state index in [2.05, 4.69) is 28.8 Å². The second-order valence-corrected chi connectivity index (χ2v) is 10.1. The van der Waals surface area contributed by atoms with Crippen molar-refractivity contribution in [3.63, 3.8) is 0 Å². The summed E-state index contributed by atoms with van der Waals surface area (Å²) < 4.78 is 2.08. The Bertz CT molecular complexity index is 1030. The molecular weight excluding hydrogens is 384 g/mol. The summed E-state index contributed by atoms with van der Waals surface area (Å²) in [6, 6.07) is 10.8. The summed E-state index contributed by atoms with van der Waals surface area (Å²) in [5, 5.41) is 1.86. The van der Waals surface area contributed by atoms with Crippen LogP contribution >= 0.6 is 23.1 Å². The van der Waals surface area contributed by atoms with Crippen LogP contribution in [0.15, 0.2) is 40.3 Å². The Morgan fingerprint density at radius 1 is 1.04 bits per heavy atom. The Balaban J connectivity index is 1.61. The van der Waals surface area contributed by atoms with Gasteiger partial charge in [0.1, 0.15) is 4.83 Å². The van der Waals surface area contributed by atoms with Gasteiger partial charge in [0, 0.05) is 16.7 Å². The number of aromatic nitrogens is 2. The molecule has 0 unspecified atom stereocenters. The lowest BCUT2D eigenvalue weighted by Gasteiger charge is -2.26. The van der Waals surface area contributed by atoms with Crippen LogP contribution in [0.2, 0.25) is 0 Å². The Labute approximate surface area is 174 Å². The summed E-state index contributed by atoms with van der Waals surface area (Å²) >= 11 is 3.49. The second-order valence-electron chi connectivity index (χ2n) is 8.03. The minimum absolute atomic E-state index is 0.229. The normalized spacial score (nSPS) is 17.7. The summed E-state index contributed by atoms with van der Waals surface area (Å²) in [5.74, 6) is 0.858. The van der Waals surface area contributed by atoms with Crippen molar-refractivity contribution in [2.24, 2.45) is 0 Å². The summed E-state index contributed by atoms with van der Waals surface area (Å²) in [6.45, 7) is 0. The summed E-state index contributed by atoms with van der Waals surface area (Å²) in [6.07, 6.45) is 10.6. The number of thioether (sulfide) groups is 1. The average Bonchev–Trinajstić information content (AvgIpc) is 3.12. The largest absolute Gasteiger partial charge is 0.284 e. The molecule has 0 amide bonds. The molecule has 3 aromatic rings. The third-order valence-corrected chi connectivity index (χ3v) is 8.35. The number of hydrogen-bond acceptors (Lipinski definition) is 4. The zero-order valence-corrected chi connectivity index (χ0v) is 17.8. The number of hydrogen-bond donors (Lipinski definition) is 0. The fourth-order valence-electron chi connectivity index (χ4n) is 4.68. The van der Waals surface area contributed by atoms with Gasteiger partial charge in [-0.3, -0.25) is 9.36 Å². The van der Waals surface area contributed by atoms with Crippen LogP contribution in [0.25, 0.3) is 10.2 Å². The van der Waals surface area contributed by atoms with Gasteiger partial charge in [0.05, 0.1) is 5.39 Å². The molecule has 0 spiro atoms. The third kappa shape index (κ3) is 3.43. The Hall–Kier alpha value is -1.59. The smallest absolute Gasteiger partial charge is 0.263 e. The molecule has 0 saturated heterocycles. The molecule has 1 aromatic carbocycles. The van der Waals surface area contributed by atoms with Crippen molar-refractivity contribution in [2.45, 2.75) is 74.7 Å². The van der Waals surface area contributed by atoms with E-state index in [0.717, 1.165) is 46.8 Å². The van der Waals surface area contributed by atoms with Crippen molar-refractivity contribution in [2.75, 3.05) is 0 Å². The predicted molar refractivity (Wildman–Crippen MR) is 119 cm³/mol. The molecule has 0 N–H and O–H groups in total. The van der Waals surface area contributed by atoms with E-state index in [9.17, 15) is 4.79 Å². The highest BCUT2D eigenvalue weighted by Crippen LogP contribution is 2.37. The first-order valence-corrected chi connectivity index (χ1v) is 12.3. The fraction of sp³-hybridized carbons (Fsp3) is 0.478. The van der Waals surface area contributed by atoms with Crippen LogP contribution < -0.4 is 5.56 Å². The minimum Gasteiger partial charge on any atom is -0.284 e. The molecule has 0 radical (unpaired) electrons. The maximum Gasteiger partial charge on any atom is 0.263 e. The maximum absolute atomic E-state index is 13.7. The Morgan fingerprint density at radius 2 is 1.82 bits per heavy atom. The van der Waals surface area contributed by atoms with Crippen molar-refractivity contribution in [3.05, 3.63) is 56.7 Å². The monoisotopic (exact) mass is 410 g/mol. The number of fused-ring (bicyclic) bond motifs is 3. The molecule has 146 valence electrons. The first kappa shape index (κ1) is 18.4. The molecule has 5 rings (SSSR count). The topological polar surface area (TPSA) is 34.9 Å². The third-order valence-electron chi connectivity index (χ3n) is 6.14. The molecule has 28 heavy (non-hydrogen) atoms. The quantitative estimate of drug-likeness (QED) is 0.383. The number of nitrogens with zero attached hydrogens (tertiary/aromatic N) is 2. The molecule has 0 atom stereocenters. The molecule has 3 nitrogen and oxygen atoms in total. The van der Waals surface area contributed by atoms with E-state index in [-0.39, 0.29) is 5.56 Å². The lowest BCUT2D eigenvalue weighted by Crippen LogP contribution is -2.29. The molecule has 1 fully saturated rings. The first-order chi connectivity index (χ1) is 13.8. The SMILES string of the molecule is O=c1c2c3c(sc2nc(SCc2ccccc2)n1C1CCCCC1)CCCC3. The van der Waals surface area contributed by atoms with Gasteiger partial charge in [-0.15, -0.1) is 11.3 Å². The van der Waals surface area contributed by atoms with Gasteiger partial charge in [0.15, 0.2) is 5.16 Å². The number of thiophene rings is 1. The van der Waals surface area contributed by atoms with Gasteiger partial charge in [-0.25, -0.2) is 4.98 Å². The van der Waals surface area contributed by atoms with Gasteiger partial charge in [0.2, 0.25) is 0 Å². The maximum atomic E-state index is 13.7. The number of rotatable bonds is 4. The van der Waals surface area contributed by atoms with Crippen molar-refractivity contribution in [1.82, 2.24) is 9.55 Å². The molecule has 2 aromatic heterocycles. The standard InChI is InChI=1S/C23H26N2OS2/c26-22-20-18-13-7-8-14-19(18)28-21(20)24-23(25(22)17-11-5-2-6-12-17)27-15-16-9-3-1-4-10-16/h1,3-4,9-10,17H,2,5-8,11-15H2. The van der Waals surface area contributed by atoms with Crippen LogP contribution in [0.4, 0.5) is 0 Å². The lowest BCUT2D eigenvalue weighted by atomic mass is 9.94. The van der Waals surface area contributed by atoms with E-state index in [0.29, 0.717) is 6.04 Å². The van der Waals surface area contributed by atoms with Crippen LogP contribution in [0, 0.1) is 0 Å². The molecule has 1 saturated carbocycles. The molecule has 0 aliphatic heterocycles. The molecule has 2 aliphatic carbocycles. The lowest BCUT2D eigenvalue weighted by molar-refractivity contribution is 0.326. The van der Waals surface area contributed by atoms with E-state index in [4.69, 9.17) is 4.98 Å². The van der Waals surface area contributed by atoms with Crippen molar-refractivity contribution < 1.29 is 0 Å².